The molecule has 0 radical (unpaired) electrons. The van der Waals surface area contributed by atoms with E-state index in [2.05, 4.69) is 80.6 Å². The predicted octanol–water partition coefficient (Wildman–Crippen LogP) is 7.87. The van der Waals surface area contributed by atoms with Crippen LogP contribution < -0.4 is 0 Å². The maximum atomic E-state index is 13.7. The summed E-state index contributed by atoms with van der Waals surface area (Å²) in [5.74, 6) is -0.709. The predicted molar refractivity (Wildman–Crippen MR) is 171 cm³/mol. The Labute approximate surface area is 250 Å². The smallest absolute Gasteiger partial charge is 0.173 e. The molecule has 0 aliphatic heterocycles. The van der Waals surface area contributed by atoms with Crippen LogP contribution in [-0.4, -0.2) is 17.3 Å². The molecule has 0 fully saturated rings. The third-order valence-electron chi connectivity index (χ3n) is 8.69. The topological polar surface area (TPSA) is 51.2 Å². The Morgan fingerprint density at radius 3 is 2.50 bits per heavy atom. The first-order valence-electron chi connectivity index (χ1n) is 15.1. The fourth-order valence-electron chi connectivity index (χ4n) is 6.17. The van der Waals surface area contributed by atoms with E-state index in [0.29, 0.717) is 31.3 Å². The fourth-order valence-corrected chi connectivity index (χ4v) is 6.17. The Bertz CT molecular complexity index is 1630. The van der Waals surface area contributed by atoms with Crippen LogP contribution in [0.1, 0.15) is 71.2 Å². The zero-order valence-electron chi connectivity index (χ0n) is 25.2. The SMILES string of the molecule is CC(=O)CCc1cc(CC(C)C(=O)C2=CC=CC(Cc3ccc(C)c(C)c3)C2=O)cc(C2=CCCc3ccccc32)c1. The molecule has 0 bridgehead atoms. The van der Waals surface area contributed by atoms with E-state index in [1.165, 1.54) is 27.8 Å². The first-order chi connectivity index (χ1) is 20.2. The van der Waals surface area contributed by atoms with Gasteiger partial charge in [0.05, 0.1) is 5.57 Å². The number of aryl methyl sites for hydroxylation is 4. The molecule has 3 aromatic carbocycles. The second kappa shape index (κ2) is 12.8. The van der Waals surface area contributed by atoms with Crippen molar-refractivity contribution < 1.29 is 14.4 Å². The van der Waals surface area contributed by atoms with Crippen molar-refractivity contribution in [2.75, 3.05) is 0 Å². The quantitative estimate of drug-likeness (QED) is 0.239. The van der Waals surface area contributed by atoms with E-state index >= 15 is 0 Å². The molecule has 0 N–H and O–H groups in total. The number of allylic oxidation sites excluding steroid dienone is 5. The highest BCUT2D eigenvalue weighted by Gasteiger charge is 2.30. The number of hydrogen-bond donors (Lipinski definition) is 0. The van der Waals surface area contributed by atoms with E-state index in [4.69, 9.17) is 0 Å². The minimum absolute atomic E-state index is 0.0903. The maximum Gasteiger partial charge on any atom is 0.173 e. The number of rotatable bonds is 10. The number of carbonyl (C=O) groups excluding carboxylic acids is 3. The van der Waals surface area contributed by atoms with Gasteiger partial charge in [-0.05, 0) is 109 Å². The molecule has 2 unspecified atom stereocenters. The minimum Gasteiger partial charge on any atom is -0.300 e. The number of ketones is 3. The molecule has 42 heavy (non-hydrogen) atoms. The van der Waals surface area contributed by atoms with Gasteiger partial charge in [-0.3, -0.25) is 9.59 Å². The molecule has 0 saturated carbocycles. The molecule has 0 heterocycles. The number of fused-ring (bicyclic) bond motifs is 1. The molecule has 3 heteroatoms. The first-order valence-corrected chi connectivity index (χ1v) is 15.1. The van der Waals surface area contributed by atoms with Gasteiger partial charge >= 0.3 is 0 Å². The monoisotopic (exact) mass is 556 g/mol. The third kappa shape index (κ3) is 6.68. The standard InChI is InChI=1S/C39H40O3/c1-25-15-17-29(19-26(25)2)22-33-11-8-14-37(39(33)42)38(41)27(3)20-31-21-30(18-16-28(4)40)23-34(24-31)36-13-7-10-32-9-5-6-12-35(32)36/h5-6,8-9,11-15,17,19,21,23-24,27,33H,7,10,16,18,20,22H2,1-4H3. The van der Waals surface area contributed by atoms with Gasteiger partial charge in [0.25, 0.3) is 0 Å². The number of benzene rings is 3. The summed E-state index contributed by atoms with van der Waals surface area (Å²) in [5, 5.41) is 0. The van der Waals surface area contributed by atoms with E-state index in [-0.39, 0.29) is 29.2 Å². The largest absolute Gasteiger partial charge is 0.300 e. The van der Waals surface area contributed by atoms with Gasteiger partial charge in [0.15, 0.2) is 11.6 Å². The van der Waals surface area contributed by atoms with Gasteiger partial charge in [0.1, 0.15) is 5.78 Å². The lowest BCUT2D eigenvalue weighted by atomic mass is 9.81. The van der Waals surface area contributed by atoms with Crippen molar-refractivity contribution in [1.82, 2.24) is 0 Å². The normalized spacial score (nSPS) is 16.9. The second-order valence-corrected chi connectivity index (χ2v) is 12.1. The van der Waals surface area contributed by atoms with Crippen LogP contribution in [-0.2, 0) is 40.1 Å². The summed E-state index contributed by atoms with van der Waals surface area (Å²) in [7, 11) is 0. The molecule has 5 rings (SSSR count). The summed E-state index contributed by atoms with van der Waals surface area (Å²) < 4.78 is 0. The summed E-state index contributed by atoms with van der Waals surface area (Å²) in [4.78, 5) is 39.0. The number of carbonyl (C=O) groups is 3. The van der Waals surface area contributed by atoms with Gasteiger partial charge in [-0.1, -0.05) is 85.8 Å². The lowest BCUT2D eigenvalue weighted by Gasteiger charge is -2.21. The average molecular weight is 557 g/mol. The number of hydrogen-bond acceptors (Lipinski definition) is 3. The molecule has 0 saturated heterocycles. The zero-order chi connectivity index (χ0) is 29.8. The van der Waals surface area contributed by atoms with Crippen LogP contribution in [0.3, 0.4) is 0 Å². The Hall–Kier alpha value is -4.11. The molecule has 2 atom stereocenters. The van der Waals surface area contributed by atoms with Crippen LogP contribution in [0.25, 0.3) is 5.57 Å². The Kier molecular flexibility index (Phi) is 8.97. The second-order valence-electron chi connectivity index (χ2n) is 12.1. The van der Waals surface area contributed by atoms with Crippen molar-refractivity contribution in [3.8, 4) is 0 Å². The fraction of sp³-hybridized carbons (Fsp3) is 0.308. The van der Waals surface area contributed by atoms with Gasteiger partial charge in [0, 0.05) is 18.3 Å². The summed E-state index contributed by atoms with van der Waals surface area (Å²) in [6.07, 6.45) is 12.1. The van der Waals surface area contributed by atoms with Crippen LogP contribution in [0.5, 0.6) is 0 Å². The van der Waals surface area contributed by atoms with E-state index in [0.717, 1.165) is 35.1 Å². The maximum absolute atomic E-state index is 13.7. The Morgan fingerprint density at radius 1 is 0.929 bits per heavy atom. The highest BCUT2D eigenvalue weighted by molar-refractivity contribution is 6.22. The lowest BCUT2D eigenvalue weighted by Crippen LogP contribution is -2.28. The Balaban J connectivity index is 1.36. The zero-order valence-corrected chi connectivity index (χ0v) is 25.2. The lowest BCUT2D eigenvalue weighted by molar-refractivity contribution is -0.124. The highest BCUT2D eigenvalue weighted by Crippen LogP contribution is 2.33. The van der Waals surface area contributed by atoms with Crippen LogP contribution in [0.4, 0.5) is 0 Å². The Morgan fingerprint density at radius 2 is 1.71 bits per heavy atom. The van der Waals surface area contributed by atoms with Crippen molar-refractivity contribution in [1.29, 1.82) is 0 Å². The highest BCUT2D eigenvalue weighted by atomic mass is 16.2. The first kappa shape index (κ1) is 29.4. The van der Waals surface area contributed by atoms with Crippen molar-refractivity contribution in [3.63, 3.8) is 0 Å². The molecule has 214 valence electrons. The molecule has 2 aliphatic carbocycles. The molecule has 0 aromatic heterocycles. The van der Waals surface area contributed by atoms with E-state index < -0.39 is 0 Å². The van der Waals surface area contributed by atoms with Gasteiger partial charge in [-0.2, -0.15) is 0 Å². The van der Waals surface area contributed by atoms with Crippen molar-refractivity contribution >= 4 is 22.9 Å². The summed E-state index contributed by atoms with van der Waals surface area (Å²) in [5.41, 5.74) is 10.9. The van der Waals surface area contributed by atoms with Gasteiger partial charge < -0.3 is 4.79 Å². The van der Waals surface area contributed by atoms with Crippen LogP contribution in [0.2, 0.25) is 0 Å². The number of Topliss-reactive ketones (excluding diaryl/α,β-unsaturated/α-hetero) is 3. The molecule has 2 aliphatic rings. The van der Waals surface area contributed by atoms with Crippen molar-refractivity contribution in [3.05, 3.63) is 135 Å². The van der Waals surface area contributed by atoms with Crippen LogP contribution in [0.15, 0.2) is 90.5 Å². The molecule has 0 spiro atoms. The molecule has 0 amide bonds. The van der Waals surface area contributed by atoms with Gasteiger partial charge in [-0.25, -0.2) is 0 Å². The summed E-state index contributed by atoms with van der Waals surface area (Å²) in [6, 6.07) is 21.4. The van der Waals surface area contributed by atoms with Crippen LogP contribution >= 0.6 is 0 Å². The average Bonchev–Trinajstić information content (AvgIpc) is 2.98. The van der Waals surface area contributed by atoms with Crippen LogP contribution in [0, 0.1) is 25.7 Å². The third-order valence-corrected chi connectivity index (χ3v) is 8.69. The summed E-state index contributed by atoms with van der Waals surface area (Å²) in [6.45, 7) is 7.71. The molecule has 3 nitrogen and oxygen atoms in total. The molecule has 3 aromatic rings. The summed E-state index contributed by atoms with van der Waals surface area (Å²) >= 11 is 0. The van der Waals surface area contributed by atoms with E-state index in [1.54, 1.807) is 13.0 Å². The molecular weight excluding hydrogens is 516 g/mol. The minimum atomic E-state index is -0.350. The van der Waals surface area contributed by atoms with Crippen molar-refractivity contribution in [2.24, 2.45) is 11.8 Å². The van der Waals surface area contributed by atoms with E-state index in [1.807, 2.05) is 19.1 Å². The van der Waals surface area contributed by atoms with Gasteiger partial charge in [0.2, 0.25) is 0 Å². The van der Waals surface area contributed by atoms with Crippen molar-refractivity contribution in [2.45, 2.75) is 66.2 Å². The van der Waals surface area contributed by atoms with E-state index in [9.17, 15) is 14.4 Å². The molecular formula is C39H40O3. The van der Waals surface area contributed by atoms with Gasteiger partial charge in [-0.15, -0.1) is 0 Å².